The zero-order valence-electron chi connectivity index (χ0n) is 14.7. The molecule has 0 aliphatic heterocycles. The summed E-state index contributed by atoms with van der Waals surface area (Å²) in [5.41, 5.74) is 3.24. The molecule has 2 aromatic rings. The highest BCUT2D eigenvalue weighted by Gasteiger charge is 2.08. The molecule has 0 amide bonds. The molecule has 0 saturated heterocycles. The van der Waals surface area contributed by atoms with Crippen LogP contribution in [0.3, 0.4) is 0 Å². The van der Waals surface area contributed by atoms with Crippen molar-refractivity contribution >= 4 is 17.4 Å². The first kappa shape index (κ1) is 18.5. The van der Waals surface area contributed by atoms with Crippen molar-refractivity contribution in [3.63, 3.8) is 0 Å². The van der Waals surface area contributed by atoms with Gasteiger partial charge in [0.2, 0.25) is 0 Å². The van der Waals surface area contributed by atoms with E-state index < -0.39 is 0 Å². The van der Waals surface area contributed by atoms with Crippen molar-refractivity contribution in [3.8, 4) is 5.75 Å². The third kappa shape index (κ3) is 5.10. The Morgan fingerprint density at radius 3 is 2.79 bits per heavy atom. The molecular weight excluding hydrogens is 322 g/mol. The number of ether oxygens (including phenoxy) is 1. The fourth-order valence-electron chi connectivity index (χ4n) is 2.59. The second-order valence-corrected chi connectivity index (χ2v) is 6.30. The standard InChI is InChI=1S/C19H26ClN3O/c1-4-5-6-9-16-10-7-8-14(2)18(16)24-12-11-21-19-17(20)15(3)22-13-23-19/h7-8,10,13H,4-6,9,11-12H2,1-3H3,(H,21,22,23). The zero-order valence-corrected chi connectivity index (χ0v) is 15.5. The number of anilines is 1. The lowest BCUT2D eigenvalue weighted by Crippen LogP contribution is -2.14. The maximum Gasteiger partial charge on any atom is 0.148 e. The largest absolute Gasteiger partial charge is 0.491 e. The third-order valence-corrected chi connectivity index (χ3v) is 4.40. The first-order valence-corrected chi connectivity index (χ1v) is 8.93. The van der Waals surface area contributed by atoms with Crippen LogP contribution in [0.15, 0.2) is 24.5 Å². The van der Waals surface area contributed by atoms with Gasteiger partial charge in [-0.2, -0.15) is 0 Å². The quantitative estimate of drug-likeness (QED) is 0.650. The molecule has 1 heterocycles. The lowest BCUT2D eigenvalue weighted by molar-refractivity contribution is 0.326. The lowest BCUT2D eigenvalue weighted by Gasteiger charge is -2.15. The van der Waals surface area contributed by atoms with Crippen molar-refractivity contribution in [1.29, 1.82) is 0 Å². The fraction of sp³-hybridized carbons (Fsp3) is 0.474. The van der Waals surface area contributed by atoms with Gasteiger partial charge in [0.1, 0.15) is 29.5 Å². The number of nitrogens with one attached hydrogen (secondary N) is 1. The van der Waals surface area contributed by atoms with Crippen LogP contribution in [0, 0.1) is 13.8 Å². The predicted molar refractivity (Wildman–Crippen MR) is 100 cm³/mol. The number of para-hydroxylation sites is 1. The van der Waals surface area contributed by atoms with Crippen LogP contribution in [0.25, 0.3) is 0 Å². The number of unbranched alkanes of at least 4 members (excludes halogenated alkanes) is 2. The monoisotopic (exact) mass is 347 g/mol. The van der Waals surface area contributed by atoms with Gasteiger partial charge in [-0.25, -0.2) is 9.97 Å². The van der Waals surface area contributed by atoms with Gasteiger partial charge in [0.25, 0.3) is 0 Å². The van der Waals surface area contributed by atoms with Gasteiger partial charge in [-0.05, 0) is 37.8 Å². The van der Waals surface area contributed by atoms with E-state index in [0.29, 0.717) is 24.0 Å². The highest BCUT2D eigenvalue weighted by Crippen LogP contribution is 2.25. The Bertz CT molecular complexity index is 661. The average Bonchev–Trinajstić information content (AvgIpc) is 2.57. The topological polar surface area (TPSA) is 47.0 Å². The Morgan fingerprint density at radius 2 is 2.00 bits per heavy atom. The van der Waals surface area contributed by atoms with Crippen LogP contribution in [-0.2, 0) is 6.42 Å². The number of hydrogen-bond donors (Lipinski definition) is 1. The molecule has 0 unspecified atom stereocenters. The average molecular weight is 348 g/mol. The smallest absolute Gasteiger partial charge is 0.148 e. The Morgan fingerprint density at radius 1 is 1.17 bits per heavy atom. The van der Waals surface area contributed by atoms with Gasteiger partial charge in [0, 0.05) is 0 Å². The molecule has 24 heavy (non-hydrogen) atoms. The maximum atomic E-state index is 6.18. The van der Waals surface area contributed by atoms with Crippen molar-refractivity contribution in [2.75, 3.05) is 18.5 Å². The predicted octanol–water partition coefficient (Wildman–Crippen LogP) is 4.97. The number of aryl methyl sites for hydroxylation is 3. The summed E-state index contributed by atoms with van der Waals surface area (Å²) in [6.45, 7) is 7.38. The van der Waals surface area contributed by atoms with E-state index in [1.807, 2.05) is 6.92 Å². The Labute approximate surface area is 149 Å². The minimum atomic E-state index is 0.561. The number of rotatable bonds is 9. The molecular formula is C19H26ClN3O. The van der Waals surface area contributed by atoms with Crippen LogP contribution in [0.1, 0.15) is 43.0 Å². The van der Waals surface area contributed by atoms with Crippen LogP contribution in [0.2, 0.25) is 5.02 Å². The summed E-state index contributed by atoms with van der Waals surface area (Å²) in [6.07, 6.45) is 6.25. The minimum absolute atomic E-state index is 0.561. The molecule has 0 saturated carbocycles. The van der Waals surface area contributed by atoms with Crippen LogP contribution in [-0.4, -0.2) is 23.1 Å². The Hall–Kier alpha value is -1.81. The van der Waals surface area contributed by atoms with Crippen molar-refractivity contribution in [3.05, 3.63) is 46.4 Å². The second kappa shape index (κ2) is 9.48. The molecule has 1 aromatic carbocycles. The molecule has 130 valence electrons. The van der Waals surface area contributed by atoms with Gasteiger partial charge < -0.3 is 10.1 Å². The summed E-state index contributed by atoms with van der Waals surface area (Å²) in [5, 5.41) is 3.77. The van der Waals surface area contributed by atoms with Crippen molar-refractivity contribution < 1.29 is 4.74 Å². The van der Waals surface area contributed by atoms with E-state index in [4.69, 9.17) is 16.3 Å². The number of nitrogens with zero attached hydrogens (tertiary/aromatic N) is 2. The summed E-state index contributed by atoms with van der Waals surface area (Å²) in [6, 6.07) is 6.36. The molecule has 5 heteroatoms. The molecule has 0 fully saturated rings. The minimum Gasteiger partial charge on any atom is -0.491 e. The first-order valence-electron chi connectivity index (χ1n) is 8.55. The maximum absolute atomic E-state index is 6.18. The molecule has 1 N–H and O–H groups in total. The van der Waals surface area contributed by atoms with E-state index in [9.17, 15) is 0 Å². The highest BCUT2D eigenvalue weighted by atomic mass is 35.5. The van der Waals surface area contributed by atoms with Crippen LogP contribution < -0.4 is 10.1 Å². The third-order valence-electron chi connectivity index (χ3n) is 3.95. The van der Waals surface area contributed by atoms with Gasteiger partial charge in [-0.3, -0.25) is 0 Å². The number of halogens is 1. The van der Waals surface area contributed by atoms with E-state index >= 15 is 0 Å². The number of hydrogen-bond acceptors (Lipinski definition) is 4. The van der Waals surface area contributed by atoms with Crippen molar-refractivity contribution in [2.24, 2.45) is 0 Å². The van der Waals surface area contributed by atoms with Crippen molar-refractivity contribution in [2.45, 2.75) is 46.5 Å². The molecule has 0 bridgehead atoms. The number of benzene rings is 1. The van der Waals surface area contributed by atoms with Gasteiger partial charge in [-0.1, -0.05) is 49.6 Å². The van der Waals surface area contributed by atoms with E-state index in [1.54, 1.807) is 0 Å². The summed E-state index contributed by atoms with van der Waals surface area (Å²) >= 11 is 6.18. The summed E-state index contributed by atoms with van der Waals surface area (Å²) < 4.78 is 6.04. The normalized spacial score (nSPS) is 10.7. The Kier molecular flexibility index (Phi) is 7.32. The van der Waals surface area contributed by atoms with Gasteiger partial charge in [0.05, 0.1) is 12.2 Å². The van der Waals surface area contributed by atoms with Crippen LogP contribution in [0.4, 0.5) is 5.82 Å². The molecule has 0 radical (unpaired) electrons. The number of aromatic nitrogens is 2. The second-order valence-electron chi connectivity index (χ2n) is 5.92. The Balaban J connectivity index is 1.90. The summed E-state index contributed by atoms with van der Waals surface area (Å²) in [4.78, 5) is 8.22. The van der Waals surface area contributed by atoms with E-state index in [-0.39, 0.29) is 0 Å². The first-order chi connectivity index (χ1) is 11.6. The van der Waals surface area contributed by atoms with Gasteiger partial charge in [-0.15, -0.1) is 0 Å². The van der Waals surface area contributed by atoms with Gasteiger partial charge >= 0.3 is 0 Å². The molecule has 2 rings (SSSR count). The van der Waals surface area contributed by atoms with Crippen molar-refractivity contribution in [1.82, 2.24) is 9.97 Å². The fourth-order valence-corrected chi connectivity index (χ4v) is 2.75. The molecule has 0 spiro atoms. The SMILES string of the molecule is CCCCCc1cccc(C)c1OCCNc1ncnc(C)c1Cl. The molecule has 1 aromatic heterocycles. The molecule has 0 aliphatic carbocycles. The van der Waals surface area contributed by atoms with E-state index in [2.05, 4.69) is 47.3 Å². The van der Waals surface area contributed by atoms with E-state index in [0.717, 1.165) is 17.9 Å². The van der Waals surface area contributed by atoms with E-state index in [1.165, 1.54) is 36.7 Å². The lowest BCUT2D eigenvalue weighted by atomic mass is 10.0. The molecule has 0 aliphatic rings. The van der Waals surface area contributed by atoms with Crippen LogP contribution >= 0.6 is 11.6 Å². The highest BCUT2D eigenvalue weighted by molar-refractivity contribution is 6.33. The van der Waals surface area contributed by atoms with Crippen LogP contribution in [0.5, 0.6) is 5.75 Å². The summed E-state index contributed by atoms with van der Waals surface area (Å²) in [5.74, 6) is 1.67. The molecule has 0 atom stereocenters. The zero-order chi connectivity index (χ0) is 17.4. The summed E-state index contributed by atoms with van der Waals surface area (Å²) in [7, 11) is 0. The molecule has 4 nitrogen and oxygen atoms in total. The van der Waals surface area contributed by atoms with Gasteiger partial charge in [0.15, 0.2) is 0 Å².